The first-order chi connectivity index (χ1) is 7.20. The van der Waals surface area contributed by atoms with E-state index in [0.29, 0.717) is 6.42 Å². The number of nitrogens with two attached hydrogens (primary N) is 2. The van der Waals surface area contributed by atoms with Crippen LogP contribution in [0.4, 0.5) is 4.39 Å². The Balaban J connectivity index is 2.33. The Hall–Kier alpha value is -0.930. The summed E-state index contributed by atoms with van der Waals surface area (Å²) < 4.78 is 13.7. The number of hydrogen-bond donors (Lipinski definition) is 2. The van der Waals surface area contributed by atoms with Crippen LogP contribution in [-0.2, 0) is 6.42 Å². The number of aryl methyl sites for hydroxylation is 1. The van der Waals surface area contributed by atoms with Crippen LogP contribution >= 0.6 is 0 Å². The molecule has 0 heterocycles. The number of halogens is 1. The number of hydrogen-bond acceptors (Lipinski definition) is 2. The van der Waals surface area contributed by atoms with Gasteiger partial charge in [0.25, 0.3) is 0 Å². The minimum Gasteiger partial charge on any atom is -0.327 e. The maximum Gasteiger partial charge on any atom is 0.135 e. The molecule has 3 heteroatoms. The summed E-state index contributed by atoms with van der Waals surface area (Å²) in [6, 6.07) is 10.0. The quantitative estimate of drug-likeness (QED) is 0.750. The van der Waals surface area contributed by atoms with Gasteiger partial charge in [-0.3, -0.25) is 0 Å². The summed E-state index contributed by atoms with van der Waals surface area (Å²) in [6.45, 7) is 0.0244. The van der Waals surface area contributed by atoms with E-state index in [1.54, 1.807) is 0 Å². The third kappa shape index (κ3) is 3.98. The fourth-order valence-electron chi connectivity index (χ4n) is 1.54. The van der Waals surface area contributed by atoms with Crippen molar-refractivity contribution in [3.8, 4) is 0 Å². The normalized spacial score (nSPS) is 11.7. The fourth-order valence-corrected chi connectivity index (χ4v) is 1.54. The van der Waals surface area contributed by atoms with Crippen LogP contribution in [0.5, 0.6) is 0 Å². The van der Waals surface area contributed by atoms with Crippen molar-refractivity contribution in [1.82, 2.24) is 0 Å². The summed E-state index contributed by atoms with van der Waals surface area (Å²) in [4.78, 5) is 0. The molecular formula is C12H19FN2. The van der Waals surface area contributed by atoms with Gasteiger partial charge in [-0.15, -0.1) is 0 Å². The molecule has 15 heavy (non-hydrogen) atoms. The van der Waals surface area contributed by atoms with Gasteiger partial charge in [-0.25, -0.2) is 4.39 Å². The molecule has 2 nitrogen and oxygen atoms in total. The Morgan fingerprint density at radius 1 is 1.07 bits per heavy atom. The first-order valence-corrected chi connectivity index (χ1v) is 5.33. The molecule has 0 fully saturated rings. The van der Waals surface area contributed by atoms with Crippen LogP contribution in [0.25, 0.3) is 0 Å². The van der Waals surface area contributed by atoms with Crippen LogP contribution in [0.15, 0.2) is 30.3 Å². The van der Waals surface area contributed by atoms with Gasteiger partial charge in [-0.05, 0) is 24.8 Å². The molecule has 0 saturated carbocycles. The van der Waals surface area contributed by atoms with Crippen molar-refractivity contribution >= 4 is 0 Å². The molecule has 0 bridgehead atoms. The number of benzene rings is 1. The van der Waals surface area contributed by atoms with Gasteiger partial charge in [0.15, 0.2) is 0 Å². The zero-order valence-electron chi connectivity index (χ0n) is 8.95. The van der Waals surface area contributed by atoms with E-state index in [1.165, 1.54) is 5.56 Å². The fraction of sp³-hybridized carbons (Fsp3) is 0.500. The second-order valence-corrected chi connectivity index (χ2v) is 3.90. The van der Waals surface area contributed by atoms with E-state index in [1.807, 2.05) is 30.3 Å². The second kappa shape index (κ2) is 5.83. The molecule has 0 aliphatic carbocycles. The standard InChI is InChI=1S/C12H19FN2/c13-12(9-14,10-15)8-4-7-11-5-2-1-3-6-11/h1-3,5-6H,4,7-10,14-15H2. The lowest BCUT2D eigenvalue weighted by molar-refractivity contribution is 0.166. The maximum absolute atomic E-state index is 13.7. The van der Waals surface area contributed by atoms with Gasteiger partial charge in [0.1, 0.15) is 5.67 Å². The highest BCUT2D eigenvalue weighted by atomic mass is 19.1. The summed E-state index contributed by atoms with van der Waals surface area (Å²) in [5, 5.41) is 0. The largest absolute Gasteiger partial charge is 0.327 e. The summed E-state index contributed by atoms with van der Waals surface area (Å²) in [6.07, 6.45) is 2.11. The van der Waals surface area contributed by atoms with Crippen LogP contribution in [0, 0.1) is 0 Å². The molecule has 0 aromatic heterocycles. The predicted molar refractivity (Wildman–Crippen MR) is 61.3 cm³/mol. The van der Waals surface area contributed by atoms with Crippen LogP contribution in [0.3, 0.4) is 0 Å². The van der Waals surface area contributed by atoms with Crippen molar-refractivity contribution in [2.45, 2.75) is 24.9 Å². The second-order valence-electron chi connectivity index (χ2n) is 3.90. The highest BCUT2D eigenvalue weighted by Crippen LogP contribution is 2.17. The Morgan fingerprint density at radius 3 is 2.20 bits per heavy atom. The van der Waals surface area contributed by atoms with E-state index in [0.717, 1.165) is 12.8 Å². The Labute approximate surface area is 90.5 Å². The van der Waals surface area contributed by atoms with Gasteiger partial charge in [-0.1, -0.05) is 30.3 Å². The lowest BCUT2D eigenvalue weighted by Gasteiger charge is -2.21. The van der Waals surface area contributed by atoms with Crippen molar-refractivity contribution in [2.75, 3.05) is 13.1 Å². The smallest absolute Gasteiger partial charge is 0.135 e. The van der Waals surface area contributed by atoms with E-state index >= 15 is 0 Å². The highest BCUT2D eigenvalue weighted by molar-refractivity contribution is 5.14. The molecule has 0 radical (unpaired) electrons. The molecule has 0 atom stereocenters. The van der Waals surface area contributed by atoms with Gasteiger partial charge in [-0.2, -0.15) is 0 Å². The zero-order valence-corrected chi connectivity index (χ0v) is 8.95. The predicted octanol–water partition coefficient (Wildman–Crippen LogP) is 1.63. The molecule has 0 amide bonds. The van der Waals surface area contributed by atoms with E-state index < -0.39 is 5.67 Å². The first kappa shape index (κ1) is 12.1. The number of rotatable bonds is 6. The molecule has 0 aliphatic rings. The molecular weight excluding hydrogens is 191 g/mol. The van der Waals surface area contributed by atoms with Crippen molar-refractivity contribution in [1.29, 1.82) is 0 Å². The lowest BCUT2D eigenvalue weighted by atomic mass is 9.97. The monoisotopic (exact) mass is 210 g/mol. The molecule has 1 aromatic rings. The van der Waals surface area contributed by atoms with Crippen LogP contribution < -0.4 is 11.5 Å². The summed E-state index contributed by atoms with van der Waals surface area (Å²) in [5.74, 6) is 0. The van der Waals surface area contributed by atoms with Crippen LogP contribution in [-0.4, -0.2) is 18.8 Å². The van der Waals surface area contributed by atoms with Crippen molar-refractivity contribution in [2.24, 2.45) is 11.5 Å². The molecule has 4 N–H and O–H groups in total. The van der Waals surface area contributed by atoms with Crippen molar-refractivity contribution in [3.63, 3.8) is 0 Å². The van der Waals surface area contributed by atoms with E-state index in [4.69, 9.17) is 11.5 Å². The van der Waals surface area contributed by atoms with Gasteiger partial charge in [0, 0.05) is 13.1 Å². The van der Waals surface area contributed by atoms with Crippen molar-refractivity contribution < 1.29 is 4.39 Å². The molecule has 0 aliphatic heterocycles. The number of alkyl halides is 1. The zero-order chi connectivity index (χ0) is 11.1. The lowest BCUT2D eigenvalue weighted by Crippen LogP contribution is -2.40. The molecule has 0 unspecified atom stereocenters. The van der Waals surface area contributed by atoms with E-state index in [-0.39, 0.29) is 13.1 Å². The van der Waals surface area contributed by atoms with Crippen molar-refractivity contribution in [3.05, 3.63) is 35.9 Å². The Kier molecular flexibility index (Phi) is 4.72. The van der Waals surface area contributed by atoms with Gasteiger partial charge < -0.3 is 11.5 Å². The molecule has 0 saturated heterocycles. The van der Waals surface area contributed by atoms with E-state index in [2.05, 4.69) is 0 Å². The third-order valence-electron chi connectivity index (χ3n) is 2.66. The topological polar surface area (TPSA) is 52.0 Å². The van der Waals surface area contributed by atoms with Crippen LogP contribution in [0.2, 0.25) is 0 Å². The molecule has 84 valence electrons. The minimum absolute atomic E-state index is 0.0122. The Bertz CT molecular complexity index is 270. The summed E-state index contributed by atoms with van der Waals surface area (Å²) in [7, 11) is 0. The average Bonchev–Trinajstić information content (AvgIpc) is 2.30. The van der Waals surface area contributed by atoms with Gasteiger partial charge in [0.2, 0.25) is 0 Å². The highest BCUT2D eigenvalue weighted by Gasteiger charge is 2.24. The minimum atomic E-state index is -1.38. The van der Waals surface area contributed by atoms with Gasteiger partial charge >= 0.3 is 0 Å². The van der Waals surface area contributed by atoms with Gasteiger partial charge in [0.05, 0.1) is 0 Å². The molecule has 1 aromatic carbocycles. The molecule has 1 rings (SSSR count). The maximum atomic E-state index is 13.7. The first-order valence-electron chi connectivity index (χ1n) is 5.33. The van der Waals surface area contributed by atoms with Crippen LogP contribution in [0.1, 0.15) is 18.4 Å². The summed E-state index contributed by atoms with van der Waals surface area (Å²) in [5.41, 5.74) is 10.5. The Morgan fingerprint density at radius 2 is 1.67 bits per heavy atom. The summed E-state index contributed by atoms with van der Waals surface area (Å²) >= 11 is 0. The third-order valence-corrected chi connectivity index (χ3v) is 2.66. The SMILES string of the molecule is NCC(F)(CN)CCCc1ccccc1. The average molecular weight is 210 g/mol. The van der Waals surface area contributed by atoms with E-state index in [9.17, 15) is 4.39 Å². The molecule has 0 spiro atoms.